The third-order valence-electron chi connectivity index (χ3n) is 4.35. The first-order valence-electron chi connectivity index (χ1n) is 6.94. The number of methoxy groups -OCH3 is 1. The molecule has 2 fully saturated rings. The van der Waals surface area contributed by atoms with Gasteiger partial charge in [-0.15, -0.1) is 11.6 Å². The molecule has 0 aliphatic carbocycles. The topological polar surface area (TPSA) is 49.8 Å². The van der Waals surface area contributed by atoms with Gasteiger partial charge in [0.05, 0.1) is 12.7 Å². The van der Waals surface area contributed by atoms with Gasteiger partial charge in [0.1, 0.15) is 11.5 Å². The normalized spacial score (nSPS) is 28.5. The number of nitrogens with zero attached hydrogens (tertiary/aromatic N) is 1. The highest BCUT2D eigenvalue weighted by molar-refractivity contribution is 6.20. The molecule has 2 aliphatic heterocycles. The smallest absolute Gasteiger partial charge is 0.258 e. The van der Waals surface area contributed by atoms with Crippen molar-refractivity contribution in [1.82, 2.24) is 4.90 Å². The van der Waals surface area contributed by atoms with Crippen LogP contribution in [0.15, 0.2) is 18.2 Å². The first kappa shape index (κ1) is 13.6. The molecular weight excluding hydrogens is 278 g/mol. The van der Waals surface area contributed by atoms with Gasteiger partial charge in [-0.3, -0.25) is 4.79 Å². The second-order valence-corrected chi connectivity index (χ2v) is 6.17. The second kappa shape index (κ2) is 5.17. The van der Waals surface area contributed by atoms with E-state index in [9.17, 15) is 9.90 Å². The van der Waals surface area contributed by atoms with Gasteiger partial charge in [0, 0.05) is 23.5 Å². The van der Waals surface area contributed by atoms with Crippen molar-refractivity contribution < 1.29 is 14.6 Å². The average molecular weight is 296 g/mol. The summed E-state index contributed by atoms with van der Waals surface area (Å²) >= 11 is 6.23. The van der Waals surface area contributed by atoms with Crippen molar-refractivity contribution in [3.8, 4) is 11.5 Å². The Morgan fingerprint density at radius 3 is 2.55 bits per heavy atom. The number of carbonyl (C=O) groups is 1. The lowest BCUT2D eigenvalue weighted by atomic mass is 10.0. The van der Waals surface area contributed by atoms with Crippen molar-refractivity contribution in [3.63, 3.8) is 0 Å². The summed E-state index contributed by atoms with van der Waals surface area (Å²) in [5.74, 6) is 0.421. The van der Waals surface area contributed by atoms with Crippen molar-refractivity contribution in [2.75, 3.05) is 7.11 Å². The molecule has 2 bridgehead atoms. The Kier molecular flexibility index (Phi) is 3.50. The molecule has 108 valence electrons. The zero-order valence-electron chi connectivity index (χ0n) is 11.4. The number of amides is 1. The van der Waals surface area contributed by atoms with Gasteiger partial charge in [-0.2, -0.15) is 0 Å². The summed E-state index contributed by atoms with van der Waals surface area (Å²) in [6, 6.07) is 5.23. The third-order valence-corrected chi connectivity index (χ3v) is 4.70. The van der Waals surface area contributed by atoms with Gasteiger partial charge in [-0.1, -0.05) is 0 Å². The molecule has 3 rings (SSSR count). The monoisotopic (exact) mass is 295 g/mol. The van der Waals surface area contributed by atoms with Crippen molar-refractivity contribution in [1.29, 1.82) is 0 Å². The molecule has 2 heterocycles. The number of phenolic OH excluding ortho intramolecular Hbond substituents is 1. The Morgan fingerprint density at radius 2 is 2.00 bits per heavy atom. The molecule has 2 saturated heterocycles. The molecule has 0 radical (unpaired) electrons. The van der Waals surface area contributed by atoms with Crippen molar-refractivity contribution in [2.24, 2.45) is 0 Å². The molecule has 2 atom stereocenters. The number of benzene rings is 1. The first-order chi connectivity index (χ1) is 9.60. The summed E-state index contributed by atoms with van der Waals surface area (Å²) in [6.07, 6.45) is 3.72. The SMILES string of the molecule is COc1ccc(C(=O)N2C3CCC2CC(Cl)C3)c(O)c1. The van der Waals surface area contributed by atoms with E-state index in [0.717, 1.165) is 25.7 Å². The minimum atomic E-state index is -0.0961. The van der Waals surface area contributed by atoms with Crippen LogP contribution in [0.3, 0.4) is 0 Å². The molecule has 0 aromatic heterocycles. The average Bonchev–Trinajstić information content (AvgIpc) is 2.70. The minimum absolute atomic E-state index is 0.0262. The van der Waals surface area contributed by atoms with Crippen LogP contribution in [-0.2, 0) is 0 Å². The highest BCUT2D eigenvalue weighted by atomic mass is 35.5. The molecule has 1 N–H and O–H groups in total. The summed E-state index contributed by atoms with van der Waals surface area (Å²) in [5.41, 5.74) is 0.343. The quantitative estimate of drug-likeness (QED) is 0.854. The number of hydrogen-bond acceptors (Lipinski definition) is 3. The van der Waals surface area contributed by atoms with E-state index in [1.165, 1.54) is 13.2 Å². The van der Waals surface area contributed by atoms with Gasteiger partial charge in [-0.05, 0) is 37.8 Å². The fraction of sp³-hybridized carbons (Fsp3) is 0.533. The van der Waals surface area contributed by atoms with Crippen LogP contribution in [0.2, 0.25) is 0 Å². The molecule has 2 unspecified atom stereocenters. The molecule has 5 heteroatoms. The molecule has 1 aromatic carbocycles. The van der Waals surface area contributed by atoms with Gasteiger partial charge >= 0.3 is 0 Å². The van der Waals surface area contributed by atoms with Crippen LogP contribution in [0.5, 0.6) is 11.5 Å². The molecule has 1 amide bonds. The van der Waals surface area contributed by atoms with E-state index in [4.69, 9.17) is 16.3 Å². The number of rotatable bonds is 2. The van der Waals surface area contributed by atoms with E-state index in [2.05, 4.69) is 0 Å². The van der Waals surface area contributed by atoms with Crippen LogP contribution in [0, 0.1) is 0 Å². The zero-order chi connectivity index (χ0) is 14.3. The predicted octanol–water partition coefficient (Wildman–Crippen LogP) is 2.78. The van der Waals surface area contributed by atoms with Crippen LogP contribution in [-0.4, -0.2) is 40.5 Å². The summed E-state index contributed by atoms with van der Waals surface area (Å²) in [7, 11) is 1.53. The van der Waals surface area contributed by atoms with E-state index in [1.807, 2.05) is 4.90 Å². The number of carbonyl (C=O) groups excluding carboxylic acids is 1. The molecule has 1 aromatic rings. The van der Waals surface area contributed by atoms with Gasteiger partial charge in [0.2, 0.25) is 0 Å². The highest BCUT2D eigenvalue weighted by Crippen LogP contribution is 2.39. The van der Waals surface area contributed by atoms with Gasteiger partial charge in [0.25, 0.3) is 5.91 Å². The first-order valence-corrected chi connectivity index (χ1v) is 7.37. The molecule has 0 spiro atoms. The molecule has 2 aliphatic rings. The van der Waals surface area contributed by atoms with Crippen molar-refractivity contribution in [2.45, 2.75) is 43.1 Å². The van der Waals surface area contributed by atoms with Gasteiger partial charge in [0.15, 0.2) is 0 Å². The van der Waals surface area contributed by atoms with Crippen molar-refractivity contribution >= 4 is 17.5 Å². The lowest BCUT2D eigenvalue weighted by Crippen LogP contribution is -2.46. The van der Waals surface area contributed by atoms with Crippen LogP contribution in [0.1, 0.15) is 36.0 Å². The molecule has 20 heavy (non-hydrogen) atoms. The van der Waals surface area contributed by atoms with Gasteiger partial charge in [-0.25, -0.2) is 0 Å². The van der Waals surface area contributed by atoms with E-state index < -0.39 is 0 Å². The molecule has 4 nitrogen and oxygen atoms in total. The van der Waals surface area contributed by atoms with E-state index >= 15 is 0 Å². The number of phenols is 1. The number of hydrogen-bond donors (Lipinski definition) is 1. The van der Waals surface area contributed by atoms with E-state index in [-0.39, 0.29) is 29.1 Å². The Hall–Kier alpha value is -1.42. The maximum absolute atomic E-state index is 12.7. The number of piperidine rings is 1. The lowest BCUT2D eigenvalue weighted by molar-refractivity contribution is 0.0596. The fourth-order valence-corrected chi connectivity index (χ4v) is 3.81. The minimum Gasteiger partial charge on any atom is -0.507 e. The van der Waals surface area contributed by atoms with Crippen LogP contribution in [0.4, 0.5) is 0 Å². The summed E-state index contributed by atoms with van der Waals surface area (Å²) < 4.78 is 5.04. The third kappa shape index (κ3) is 2.22. The lowest BCUT2D eigenvalue weighted by Gasteiger charge is -2.37. The molecular formula is C15H18ClNO3. The van der Waals surface area contributed by atoms with Crippen LogP contribution >= 0.6 is 11.6 Å². The number of aromatic hydroxyl groups is 1. The van der Waals surface area contributed by atoms with E-state index in [0.29, 0.717) is 11.3 Å². The standard InChI is InChI=1S/C15H18ClNO3/c1-20-12-4-5-13(14(18)8-12)15(19)17-10-2-3-11(17)7-9(16)6-10/h4-5,8-11,18H,2-3,6-7H2,1H3. The van der Waals surface area contributed by atoms with Gasteiger partial charge < -0.3 is 14.7 Å². The number of ether oxygens (including phenoxy) is 1. The number of fused-ring (bicyclic) bond motifs is 2. The number of alkyl halides is 1. The summed E-state index contributed by atoms with van der Waals surface area (Å²) in [4.78, 5) is 14.6. The Balaban J connectivity index is 1.86. The maximum Gasteiger partial charge on any atom is 0.258 e. The Morgan fingerprint density at radius 1 is 1.35 bits per heavy atom. The zero-order valence-corrected chi connectivity index (χ0v) is 12.1. The van der Waals surface area contributed by atoms with Crippen LogP contribution in [0.25, 0.3) is 0 Å². The van der Waals surface area contributed by atoms with E-state index in [1.54, 1.807) is 12.1 Å². The Bertz CT molecular complexity index is 520. The van der Waals surface area contributed by atoms with Crippen LogP contribution < -0.4 is 4.74 Å². The Labute approximate surface area is 123 Å². The largest absolute Gasteiger partial charge is 0.507 e. The summed E-state index contributed by atoms with van der Waals surface area (Å²) in [6.45, 7) is 0. The summed E-state index contributed by atoms with van der Waals surface area (Å²) in [5, 5.41) is 10.2. The maximum atomic E-state index is 12.7. The predicted molar refractivity (Wildman–Crippen MR) is 76.5 cm³/mol. The second-order valence-electron chi connectivity index (χ2n) is 5.55. The highest BCUT2D eigenvalue weighted by Gasteiger charge is 2.43. The fourth-order valence-electron chi connectivity index (χ4n) is 3.40. The van der Waals surface area contributed by atoms with Crippen molar-refractivity contribution in [3.05, 3.63) is 23.8 Å². The number of halogens is 1. The molecule has 0 saturated carbocycles.